The fourth-order valence-corrected chi connectivity index (χ4v) is 5.01. The SMILES string of the molecule is CC1CCC(N(C)C(=O)CN2CCN(c3ncnc4sccc34)CC2)CC1. The van der Waals surface area contributed by atoms with Crippen molar-refractivity contribution >= 4 is 33.3 Å². The Morgan fingerprint density at radius 2 is 1.93 bits per heavy atom. The van der Waals surface area contributed by atoms with Gasteiger partial charge in [-0.15, -0.1) is 11.3 Å². The Morgan fingerprint density at radius 3 is 2.67 bits per heavy atom. The molecule has 2 aliphatic rings. The van der Waals surface area contributed by atoms with E-state index in [9.17, 15) is 4.79 Å². The third kappa shape index (κ3) is 4.09. The minimum atomic E-state index is 0.269. The molecular formula is C20H29N5OS. The predicted octanol–water partition coefficient (Wildman–Crippen LogP) is 2.85. The summed E-state index contributed by atoms with van der Waals surface area (Å²) in [6.45, 7) is 6.46. The molecule has 0 bridgehead atoms. The van der Waals surface area contributed by atoms with Crippen LogP contribution in [0, 0.1) is 5.92 Å². The lowest BCUT2D eigenvalue weighted by Gasteiger charge is -2.38. The molecule has 0 unspecified atom stereocenters. The van der Waals surface area contributed by atoms with Crippen LogP contribution in [0.25, 0.3) is 10.2 Å². The Morgan fingerprint density at radius 1 is 1.19 bits per heavy atom. The highest BCUT2D eigenvalue weighted by molar-refractivity contribution is 7.16. The normalized spacial score (nSPS) is 24.3. The van der Waals surface area contributed by atoms with Crippen LogP contribution >= 0.6 is 11.3 Å². The van der Waals surface area contributed by atoms with E-state index in [1.807, 2.05) is 11.9 Å². The number of amides is 1. The first-order valence-electron chi connectivity index (χ1n) is 10.0. The minimum Gasteiger partial charge on any atom is -0.353 e. The molecular weight excluding hydrogens is 358 g/mol. The summed E-state index contributed by atoms with van der Waals surface area (Å²) in [7, 11) is 1.99. The molecule has 1 saturated carbocycles. The molecule has 6 nitrogen and oxygen atoms in total. The van der Waals surface area contributed by atoms with Gasteiger partial charge >= 0.3 is 0 Å². The monoisotopic (exact) mass is 387 g/mol. The van der Waals surface area contributed by atoms with E-state index in [1.165, 1.54) is 12.8 Å². The number of carbonyl (C=O) groups is 1. The van der Waals surface area contributed by atoms with Crippen LogP contribution in [0.5, 0.6) is 0 Å². The van der Waals surface area contributed by atoms with E-state index in [0.717, 1.165) is 61.0 Å². The van der Waals surface area contributed by atoms with Gasteiger partial charge in [0.1, 0.15) is 17.0 Å². The molecule has 1 aliphatic carbocycles. The van der Waals surface area contributed by atoms with Gasteiger partial charge in [0.05, 0.1) is 11.9 Å². The number of hydrogen-bond donors (Lipinski definition) is 0. The zero-order valence-corrected chi connectivity index (χ0v) is 17.1. The number of likely N-dealkylation sites (N-methyl/N-ethyl adjacent to an activating group) is 1. The smallest absolute Gasteiger partial charge is 0.236 e. The van der Waals surface area contributed by atoms with Gasteiger partial charge in [-0.05, 0) is 43.0 Å². The lowest BCUT2D eigenvalue weighted by molar-refractivity contribution is -0.134. The van der Waals surface area contributed by atoms with Crippen LogP contribution in [-0.4, -0.2) is 71.5 Å². The van der Waals surface area contributed by atoms with Gasteiger partial charge in [-0.25, -0.2) is 9.97 Å². The van der Waals surface area contributed by atoms with Crippen LogP contribution in [0.3, 0.4) is 0 Å². The lowest BCUT2D eigenvalue weighted by Crippen LogP contribution is -2.51. The number of rotatable bonds is 4. The maximum atomic E-state index is 12.7. The first-order valence-corrected chi connectivity index (χ1v) is 10.9. The molecule has 3 heterocycles. The molecule has 7 heteroatoms. The number of thiophene rings is 1. The lowest BCUT2D eigenvalue weighted by atomic mass is 9.87. The van der Waals surface area contributed by atoms with Gasteiger partial charge in [0.15, 0.2) is 0 Å². The molecule has 27 heavy (non-hydrogen) atoms. The molecule has 2 fully saturated rings. The molecule has 0 spiro atoms. The van der Waals surface area contributed by atoms with Crippen LogP contribution in [0.1, 0.15) is 32.6 Å². The van der Waals surface area contributed by atoms with Crippen molar-refractivity contribution in [1.29, 1.82) is 0 Å². The van der Waals surface area contributed by atoms with E-state index < -0.39 is 0 Å². The van der Waals surface area contributed by atoms with Crippen molar-refractivity contribution in [2.45, 2.75) is 38.6 Å². The molecule has 0 N–H and O–H groups in total. The standard InChI is InChI=1S/C20H29N5OS/c1-15-3-5-16(6-4-15)23(2)18(26)13-24-8-10-25(11-9-24)19-17-7-12-27-20(17)22-14-21-19/h7,12,14-16H,3-6,8-11,13H2,1-2H3. The summed E-state index contributed by atoms with van der Waals surface area (Å²) < 4.78 is 0. The fourth-order valence-electron chi connectivity index (χ4n) is 4.28. The number of piperazine rings is 1. The number of aromatic nitrogens is 2. The Hall–Kier alpha value is -1.73. The second kappa shape index (κ2) is 8.10. The number of anilines is 1. The quantitative estimate of drug-likeness (QED) is 0.807. The number of carbonyl (C=O) groups excluding carboxylic acids is 1. The molecule has 0 atom stereocenters. The van der Waals surface area contributed by atoms with Crippen molar-refractivity contribution in [3.05, 3.63) is 17.8 Å². The zero-order chi connectivity index (χ0) is 18.8. The van der Waals surface area contributed by atoms with Crippen LogP contribution < -0.4 is 4.90 Å². The van der Waals surface area contributed by atoms with E-state index in [-0.39, 0.29) is 5.91 Å². The molecule has 2 aromatic rings. The van der Waals surface area contributed by atoms with Gasteiger partial charge in [0.25, 0.3) is 0 Å². The molecule has 0 aromatic carbocycles. The number of fused-ring (bicyclic) bond motifs is 1. The summed E-state index contributed by atoms with van der Waals surface area (Å²) in [6.07, 6.45) is 6.46. The second-order valence-electron chi connectivity index (χ2n) is 8.02. The zero-order valence-electron chi connectivity index (χ0n) is 16.3. The average molecular weight is 388 g/mol. The minimum absolute atomic E-state index is 0.269. The second-order valence-corrected chi connectivity index (χ2v) is 8.91. The largest absolute Gasteiger partial charge is 0.353 e. The summed E-state index contributed by atoms with van der Waals surface area (Å²) in [6, 6.07) is 2.54. The van der Waals surface area contributed by atoms with E-state index in [2.05, 4.69) is 38.1 Å². The van der Waals surface area contributed by atoms with Crippen molar-refractivity contribution < 1.29 is 4.79 Å². The first-order chi connectivity index (χ1) is 13.1. The van der Waals surface area contributed by atoms with Crippen LogP contribution in [0.15, 0.2) is 17.8 Å². The third-order valence-electron chi connectivity index (χ3n) is 6.20. The van der Waals surface area contributed by atoms with Crippen molar-refractivity contribution in [3.8, 4) is 0 Å². The Kier molecular flexibility index (Phi) is 5.59. The molecule has 2 aromatic heterocycles. The van der Waals surface area contributed by atoms with E-state index >= 15 is 0 Å². The van der Waals surface area contributed by atoms with Crippen molar-refractivity contribution in [1.82, 2.24) is 19.8 Å². The summed E-state index contributed by atoms with van der Waals surface area (Å²) in [5.41, 5.74) is 0. The van der Waals surface area contributed by atoms with Gasteiger partial charge in [0.2, 0.25) is 5.91 Å². The molecule has 1 saturated heterocycles. The Bertz CT molecular complexity index is 778. The van der Waals surface area contributed by atoms with E-state index in [4.69, 9.17) is 0 Å². The molecule has 0 radical (unpaired) electrons. The topological polar surface area (TPSA) is 52.6 Å². The van der Waals surface area contributed by atoms with Gasteiger partial charge in [-0.3, -0.25) is 9.69 Å². The van der Waals surface area contributed by atoms with Gasteiger partial charge < -0.3 is 9.80 Å². The van der Waals surface area contributed by atoms with Crippen LogP contribution in [0.4, 0.5) is 5.82 Å². The van der Waals surface area contributed by atoms with Gasteiger partial charge in [-0.1, -0.05) is 6.92 Å². The first kappa shape index (κ1) is 18.6. The van der Waals surface area contributed by atoms with E-state index in [1.54, 1.807) is 17.7 Å². The molecule has 4 rings (SSSR count). The van der Waals surface area contributed by atoms with Gasteiger partial charge in [-0.2, -0.15) is 0 Å². The van der Waals surface area contributed by atoms with Crippen LogP contribution in [-0.2, 0) is 4.79 Å². The molecule has 1 amide bonds. The van der Waals surface area contributed by atoms with Gasteiger partial charge in [0, 0.05) is 39.3 Å². The maximum Gasteiger partial charge on any atom is 0.236 e. The number of nitrogens with zero attached hydrogens (tertiary/aromatic N) is 5. The molecule has 146 valence electrons. The summed E-state index contributed by atoms with van der Waals surface area (Å²) in [4.78, 5) is 29.2. The van der Waals surface area contributed by atoms with Crippen molar-refractivity contribution in [2.75, 3.05) is 44.7 Å². The summed E-state index contributed by atoms with van der Waals surface area (Å²) >= 11 is 1.65. The highest BCUT2D eigenvalue weighted by atomic mass is 32.1. The fraction of sp³-hybridized carbons (Fsp3) is 0.650. The molecule has 1 aliphatic heterocycles. The Labute approximate surface area is 165 Å². The summed E-state index contributed by atoms with van der Waals surface area (Å²) in [5.74, 6) is 2.11. The maximum absolute atomic E-state index is 12.7. The predicted molar refractivity (Wildman–Crippen MR) is 110 cm³/mol. The van der Waals surface area contributed by atoms with Crippen molar-refractivity contribution in [3.63, 3.8) is 0 Å². The highest BCUT2D eigenvalue weighted by Gasteiger charge is 2.27. The average Bonchev–Trinajstić information content (AvgIpc) is 3.17. The third-order valence-corrected chi connectivity index (χ3v) is 7.02. The summed E-state index contributed by atoms with van der Waals surface area (Å²) in [5, 5.41) is 3.21. The number of hydrogen-bond acceptors (Lipinski definition) is 6. The Balaban J connectivity index is 1.30. The van der Waals surface area contributed by atoms with E-state index in [0.29, 0.717) is 12.6 Å². The highest BCUT2D eigenvalue weighted by Crippen LogP contribution is 2.28. The van der Waals surface area contributed by atoms with Crippen LogP contribution in [0.2, 0.25) is 0 Å². The van der Waals surface area contributed by atoms with Crippen molar-refractivity contribution in [2.24, 2.45) is 5.92 Å².